The molecule has 1 fully saturated rings. The molecule has 128 valence electrons. The number of carbonyl (C=O) groups is 1. The van der Waals surface area contributed by atoms with E-state index in [0.29, 0.717) is 16.9 Å². The van der Waals surface area contributed by atoms with Crippen LogP contribution >= 0.6 is 0 Å². The van der Waals surface area contributed by atoms with E-state index in [2.05, 4.69) is 15.2 Å². The third-order valence-electron chi connectivity index (χ3n) is 4.74. The molecule has 1 aliphatic rings. The van der Waals surface area contributed by atoms with Gasteiger partial charge in [-0.1, -0.05) is 6.92 Å². The minimum absolute atomic E-state index is 0.0426. The van der Waals surface area contributed by atoms with E-state index in [1.54, 1.807) is 24.3 Å². The van der Waals surface area contributed by atoms with Crippen LogP contribution in [-0.2, 0) is 6.42 Å². The average molecular weight is 336 g/mol. The monoisotopic (exact) mass is 336 g/mol. The summed E-state index contributed by atoms with van der Waals surface area (Å²) < 4.78 is 0. The van der Waals surface area contributed by atoms with Crippen molar-refractivity contribution in [1.29, 1.82) is 0 Å². The van der Waals surface area contributed by atoms with Crippen molar-refractivity contribution in [2.75, 3.05) is 13.1 Å². The molecule has 1 aliphatic heterocycles. The van der Waals surface area contributed by atoms with E-state index in [-0.39, 0.29) is 11.7 Å². The van der Waals surface area contributed by atoms with Gasteiger partial charge in [0.1, 0.15) is 5.75 Å². The molecule has 2 aromatic heterocycles. The minimum atomic E-state index is 0.0426. The van der Waals surface area contributed by atoms with E-state index in [4.69, 9.17) is 0 Å². The molecule has 1 amide bonds. The molecule has 0 atom stereocenters. The zero-order chi connectivity index (χ0) is 17.4. The number of pyridine rings is 1. The number of hydrogen-bond donors (Lipinski definition) is 2. The lowest BCUT2D eigenvalue weighted by Gasteiger charge is -2.16. The first-order chi connectivity index (χ1) is 12.2. The molecule has 25 heavy (non-hydrogen) atoms. The Morgan fingerprint density at radius 3 is 2.64 bits per heavy atom. The number of aromatic amines is 1. The Balaban J connectivity index is 1.89. The Hall–Kier alpha value is -2.89. The number of likely N-dealkylation sites (tertiary alicyclic amines) is 1. The number of phenols is 1. The van der Waals surface area contributed by atoms with E-state index in [9.17, 15) is 9.90 Å². The lowest BCUT2D eigenvalue weighted by molar-refractivity contribution is 0.0794. The Morgan fingerprint density at radius 2 is 1.96 bits per heavy atom. The van der Waals surface area contributed by atoms with Crippen molar-refractivity contribution >= 4 is 16.9 Å². The van der Waals surface area contributed by atoms with Crippen molar-refractivity contribution in [2.24, 2.45) is 0 Å². The van der Waals surface area contributed by atoms with Crippen molar-refractivity contribution in [3.05, 3.63) is 41.6 Å². The number of rotatable bonds is 3. The van der Waals surface area contributed by atoms with Gasteiger partial charge in [0, 0.05) is 24.3 Å². The molecule has 3 aromatic rings. The van der Waals surface area contributed by atoms with Crippen molar-refractivity contribution < 1.29 is 9.90 Å². The van der Waals surface area contributed by atoms with Crippen LogP contribution in [0.3, 0.4) is 0 Å². The van der Waals surface area contributed by atoms with Crippen molar-refractivity contribution in [3.63, 3.8) is 0 Å². The Morgan fingerprint density at radius 1 is 1.24 bits per heavy atom. The topological polar surface area (TPSA) is 82.1 Å². The number of aryl methyl sites for hydroxylation is 1. The second-order valence-corrected chi connectivity index (χ2v) is 6.36. The zero-order valence-electron chi connectivity index (χ0n) is 14.1. The summed E-state index contributed by atoms with van der Waals surface area (Å²) in [6, 6.07) is 8.67. The van der Waals surface area contributed by atoms with Gasteiger partial charge in [0.2, 0.25) is 0 Å². The van der Waals surface area contributed by atoms with Crippen LogP contribution in [0.5, 0.6) is 5.75 Å². The molecule has 6 heteroatoms. The van der Waals surface area contributed by atoms with E-state index < -0.39 is 0 Å². The molecule has 1 aromatic carbocycles. The van der Waals surface area contributed by atoms with Crippen LogP contribution in [0.25, 0.3) is 22.3 Å². The van der Waals surface area contributed by atoms with Crippen LogP contribution in [0.1, 0.15) is 35.8 Å². The third-order valence-corrected chi connectivity index (χ3v) is 4.74. The van der Waals surface area contributed by atoms with Crippen LogP contribution in [0.4, 0.5) is 0 Å². The van der Waals surface area contributed by atoms with Crippen molar-refractivity contribution in [3.8, 4) is 17.0 Å². The summed E-state index contributed by atoms with van der Waals surface area (Å²) in [5.74, 6) is 0.243. The van der Waals surface area contributed by atoms with Crippen LogP contribution < -0.4 is 0 Å². The van der Waals surface area contributed by atoms with Gasteiger partial charge in [0.05, 0.1) is 16.6 Å². The van der Waals surface area contributed by atoms with Gasteiger partial charge in [0.25, 0.3) is 5.91 Å². The number of amides is 1. The Kier molecular flexibility index (Phi) is 3.87. The Labute approximate surface area is 145 Å². The van der Waals surface area contributed by atoms with Gasteiger partial charge in [-0.05, 0) is 49.6 Å². The molecule has 0 aliphatic carbocycles. The number of nitrogens with one attached hydrogen (secondary N) is 1. The number of carbonyl (C=O) groups excluding carboxylic acids is 1. The first-order valence-electron chi connectivity index (χ1n) is 8.64. The van der Waals surface area contributed by atoms with Gasteiger partial charge in [-0.2, -0.15) is 5.10 Å². The number of phenolic OH excluding ortho intramolecular Hbond substituents is 1. The van der Waals surface area contributed by atoms with E-state index >= 15 is 0 Å². The van der Waals surface area contributed by atoms with Crippen molar-refractivity contribution in [2.45, 2.75) is 26.2 Å². The molecule has 1 saturated heterocycles. The van der Waals surface area contributed by atoms with Gasteiger partial charge in [-0.15, -0.1) is 0 Å². The lowest BCUT2D eigenvalue weighted by Crippen LogP contribution is -2.28. The number of H-pyrrole nitrogens is 1. The first-order valence-corrected chi connectivity index (χ1v) is 8.64. The maximum atomic E-state index is 13.1. The summed E-state index contributed by atoms with van der Waals surface area (Å²) in [5, 5.41) is 17.6. The second kappa shape index (κ2) is 6.20. The number of fused-ring (bicyclic) bond motifs is 1. The molecule has 4 rings (SSSR count). The van der Waals surface area contributed by atoms with Crippen LogP contribution in [0.15, 0.2) is 30.3 Å². The summed E-state index contributed by atoms with van der Waals surface area (Å²) in [7, 11) is 0. The predicted molar refractivity (Wildman–Crippen MR) is 95.5 cm³/mol. The first kappa shape index (κ1) is 15.6. The summed E-state index contributed by atoms with van der Waals surface area (Å²) in [4.78, 5) is 19.6. The van der Waals surface area contributed by atoms with Crippen LogP contribution in [0, 0.1) is 0 Å². The number of nitrogens with zero attached hydrogens (tertiary/aromatic N) is 3. The minimum Gasteiger partial charge on any atom is -0.508 e. The summed E-state index contributed by atoms with van der Waals surface area (Å²) in [6.07, 6.45) is 2.87. The van der Waals surface area contributed by atoms with E-state index in [0.717, 1.165) is 49.0 Å². The zero-order valence-corrected chi connectivity index (χ0v) is 14.1. The van der Waals surface area contributed by atoms with Crippen LogP contribution in [0.2, 0.25) is 0 Å². The highest BCUT2D eigenvalue weighted by Gasteiger charge is 2.24. The summed E-state index contributed by atoms with van der Waals surface area (Å²) >= 11 is 0. The smallest absolute Gasteiger partial charge is 0.254 e. The second-order valence-electron chi connectivity index (χ2n) is 6.36. The molecule has 3 heterocycles. The fourth-order valence-electron chi connectivity index (χ4n) is 3.38. The molecule has 0 saturated carbocycles. The van der Waals surface area contributed by atoms with Crippen LogP contribution in [-0.4, -0.2) is 44.2 Å². The highest BCUT2D eigenvalue weighted by Crippen LogP contribution is 2.28. The van der Waals surface area contributed by atoms with Crippen molar-refractivity contribution in [1.82, 2.24) is 20.1 Å². The van der Waals surface area contributed by atoms with Gasteiger partial charge in [0.15, 0.2) is 5.65 Å². The predicted octanol–water partition coefficient (Wildman–Crippen LogP) is 3.13. The molecule has 2 N–H and O–H groups in total. The van der Waals surface area contributed by atoms with E-state index in [1.807, 2.05) is 17.9 Å². The molecule has 0 spiro atoms. The largest absolute Gasteiger partial charge is 0.508 e. The molecular weight excluding hydrogens is 316 g/mol. The fraction of sp³-hybridized carbons (Fsp3) is 0.316. The van der Waals surface area contributed by atoms with Gasteiger partial charge < -0.3 is 10.0 Å². The van der Waals surface area contributed by atoms with Gasteiger partial charge in [-0.25, -0.2) is 4.98 Å². The SMILES string of the molecule is CCc1[nH]nc2nc(-c3ccc(O)cc3)cc(C(=O)N3CCCC3)c12. The number of hydrogen-bond acceptors (Lipinski definition) is 4. The number of aromatic nitrogens is 3. The lowest BCUT2D eigenvalue weighted by atomic mass is 10.0. The average Bonchev–Trinajstić information content (AvgIpc) is 3.30. The standard InChI is InChI=1S/C19H20N4O2/c1-2-15-17-14(19(25)23-9-3-4-10-23)11-16(20-18(17)22-21-15)12-5-7-13(24)8-6-12/h5-8,11,24H,2-4,9-10H2,1H3,(H,20,21,22). The fourth-order valence-corrected chi connectivity index (χ4v) is 3.38. The highest BCUT2D eigenvalue weighted by atomic mass is 16.3. The van der Waals surface area contributed by atoms with Gasteiger partial charge >= 0.3 is 0 Å². The summed E-state index contributed by atoms with van der Waals surface area (Å²) in [6.45, 7) is 3.64. The Bertz CT molecular complexity index is 924. The maximum absolute atomic E-state index is 13.1. The molecular formula is C19H20N4O2. The normalized spacial score (nSPS) is 14.4. The molecule has 0 bridgehead atoms. The highest BCUT2D eigenvalue weighted by molar-refractivity contribution is 6.07. The maximum Gasteiger partial charge on any atom is 0.254 e. The third kappa shape index (κ3) is 2.73. The van der Waals surface area contributed by atoms with Gasteiger partial charge in [-0.3, -0.25) is 9.89 Å². The molecule has 0 unspecified atom stereocenters. The summed E-state index contributed by atoms with van der Waals surface area (Å²) in [5.41, 5.74) is 3.67. The van der Waals surface area contributed by atoms with E-state index in [1.165, 1.54) is 0 Å². The molecule has 6 nitrogen and oxygen atoms in total. The number of benzene rings is 1. The molecule has 0 radical (unpaired) electrons. The number of aromatic hydroxyl groups is 1. The quantitative estimate of drug-likeness (QED) is 0.770.